The van der Waals surface area contributed by atoms with E-state index in [1.165, 1.54) is 12.8 Å². The minimum Gasteiger partial charge on any atom is -0.314 e. The molecule has 2 rings (SSSR count). The number of halogens is 1. The number of rotatable bonds is 5. The van der Waals surface area contributed by atoms with Gasteiger partial charge in [-0.3, -0.25) is 4.72 Å². The first-order valence-electron chi connectivity index (χ1n) is 6.96. The first kappa shape index (κ1) is 15.6. The molecule has 2 N–H and O–H groups in total. The van der Waals surface area contributed by atoms with Gasteiger partial charge in [0.2, 0.25) is 10.0 Å². The Kier molecular flexibility index (Phi) is 5.29. The molecule has 4 nitrogen and oxygen atoms in total. The van der Waals surface area contributed by atoms with Crippen molar-refractivity contribution in [2.24, 2.45) is 0 Å². The van der Waals surface area contributed by atoms with Gasteiger partial charge in [-0.15, -0.1) is 0 Å². The average Bonchev–Trinajstić information content (AvgIpc) is 2.42. The standard InChI is InChI=1S/C14H21ClN2O2S/c1-11-5-6-13(15)14(10-11)17-20(18,19)9-7-12-4-2-3-8-16-12/h5-6,10,12,16-17H,2-4,7-9H2,1H3. The number of hydrogen-bond donors (Lipinski definition) is 2. The number of benzene rings is 1. The van der Waals surface area contributed by atoms with E-state index in [0.717, 1.165) is 18.5 Å². The number of anilines is 1. The van der Waals surface area contributed by atoms with Crippen LogP contribution in [0.25, 0.3) is 0 Å². The van der Waals surface area contributed by atoms with Crippen molar-refractivity contribution in [3.8, 4) is 0 Å². The Bertz CT molecular complexity index is 554. The molecule has 6 heteroatoms. The molecule has 0 bridgehead atoms. The molecular weight excluding hydrogens is 296 g/mol. The van der Waals surface area contributed by atoms with E-state index in [1.807, 2.05) is 13.0 Å². The van der Waals surface area contributed by atoms with Gasteiger partial charge in [-0.1, -0.05) is 24.1 Å². The fourth-order valence-corrected chi connectivity index (χ4v) is 3.83. The fraction of sp³-hybridized carbons (Fsp3) is 0.571. The number of aryl methyl sites for hydroxylation is 1. The van der Waals surface area contributed by atoms with Crippen molar-refractivity contribution in [1.29, 1.82) is 0 Å². The highest BCUT2D eigenvalue weighted by molar-refractivity contribution is 7.92. The molecule has 0 aromatic heterocycles. The first-order chi connectivity index (χ1) is 9.46. The van der Waals surface area contributed by atoms with Gasteiger partial charge in [-0.2, -0.15) is 0 Å². The summed E-state index contributed by atoms with van der Waals surface area (Å²) in [4.78, 5) is 0. The Hall–Kier alpha value is -0.780. The Morgan fingerprint density at radius 1 is 1.40 bits per heavy atom. The van der Waals surface area contributed by atoms with Gasteiger partial charge >= 0.3 is 0 Å². The van der Waals surface area contributed by atoms with E-state index in [2.05, 4.69) is 10.0 Å². The van der Waals surface area contributed by atoms with Gasteiger partial charge in [0.25, 0.3) is 0 Å². The quantitative estimate of drug-likeness (QED) is 0.878. The highest BCUT2D eigenvalue weighted by atomic mass is 35.5. The molecule has 1 saturated heterocycles. The summed E-state index contributed by atoms with van der Waals surface area (Å²) in [5.41, 5.74) is 1.43. The van der Waals surface area contributed by atoms with E-state index in [0.29, 0.717) is 23.2 Å². The van der Waals surface area contributed by atoms with Crippen LogP contribution in [0.5, 0.6) is 0 Å². The third kappa shape index (κ3) is 4.65. The summed E-state index contributed by atoms with van der Waals surface area (Å²) in [6.45, 7) is 2.89. The van der Waals surface area contributed by atoms with Crippen LogP contribution in [0.4, 0.5) is 5.69 Å². The highest BCUT2D eigenvalue weighted by Gasteiger charge is 2.18. The lowest BCUT2D eigenvalue weighted by molar-refractivity contribution is 0.393. The van der Waals surface area contributed by atoms with Crippen molar-refractivity contribution < 1.29 is 8.42 Å². The maximum atomic E-state index is 12.1. The lowest BCUT2D eigenvalue weighted by atomic mass is 10.0. The molecule has 0 amide bonds. The zero-order chi connectivity index (χ0) is 14.6. The van der Waals surface area contributed by atoms with Crippen molar-refractivity contribution in [1.82, 2.24) is 5.32 Å². The summed E-state index contributed by atoms with van der Waals surface area (Å²) >= 11 is 6.01. The number of sulfonamides is 1. The summed E-state index contributed by atoms with van der Waals surface area (Å²) in [5, 5.41) is 3.78. The van der Waals surface area contributed by atoms with Crippen LogP contribution in [0.1, 0.15) is 31.2 Å². The molecule has 1 aromatic carbocycles. The van der Waals surface area contributed by atoms with Crippen LogP contribution >= 0.6 is 11.6 Å². The van der Waals surface area contributed by atoms with Crippen molar-refractivity contribution in [3.63, 3.8) is 0 Å². The second-order valence-corrected chi connectivity index (χ2v) is 7.59. The molecule has 1 atom stereocenters. The third-order valence-electron chi connectivity index (χ3n) is 3.53. The Balaban J connectivity index is 1.94. The van der Waals surface area contributed by atoms with Crippen LogP contribution in [0.2, 0.25) is 5.02 Å². The van der Waals surface area contributed by atoms with Crippen molar-refractivity contribution in [2.75, 3.05) is 17.0 Å². The van der Waals surface area contributed by atoms with Crippen LogP contribution in [0, 0.1) is 6.92 Å². The fourth-order valence-electron chi connectivity index (χ4n) is 2.40. The minimum atomic E-state index is -3.35. The lowest BCUT2D eigenvalue weighted by Crippen LogP contribution is -2.36. The molecule has 20 heavy (non-hydrogen) atoms. The van der Waals surface area contributed by atoms with E-state index in [4.69, 9.17) is 11.6 Å². The second-order valence-electron chi connectivity index (χ2n) is 5.34. The molecule has 0 saturated carbocycles. The van der Waals surface area contributed by atoms with E-state index >= 15 is 0 Å². The molecule has 1 aromatic rings. The summed E-state index contributed by atoms with van der Waals surface area (Å²) in [5.74, 6) is 0.120. The summed E-state index contributed by atoms with van der Waals surface area (Å²) in [6.07, 6.45) is 4.05. The second kappa shape index (κ2) is 6.78. The first-order valence-corrected chi connectivity index (χ1v) is 8.99. The van der Waals surface area contributed by atoms with Gasteiger partial charge in [0, 0.05) is 6.04 Å². The smallest absolute Gasteiger partial charge is 0.232 e. The predicted molar refractivity (Wildman–Crippen MR) is 83.9 cm³/mol. The van der Waals surface area contributed by atoms with Gasteiger partial charge in [0.1, 0.15) is 0 Å². The molecule has 0 radical (unpaired) electrons. The van der Waals surface area contributed by atoms with Gasteiger partial charge in [0.15, 0.2) is 0 Å². The number of hydrogen-bond acceptors (Lipinski definition) is 3. The zero-order valence-electron chi connectivity index (χ0n) is 11.7. The minimum absolute atomic E-state index is 0.120. The van der Waals surface area contributed by atoms with Crippen LogP contribution in [-0.4, -0.2) is 26.8 Å². The number of piperidine rings is 1. The van der Waals surface area contributed by atoms with Crippen LogP contribution < -0.4 is 10.0 Å². The molecule has 0 aliphatic carbocycles. The molecule has 1 aliphatic heterocycles. The van der Waals surface area contributed by atoms with Gasteiger partial charge in [0.05, 0.1) is 16.5 Å². The highest BCUT2D eigenvalue weighted by Crippen LogP contribution is 2.24. The SMILES string of the molecule is Cc1ccc(Cl)c(NS(=O)(=O)CCC2CCCCN2)c1. The molecule has 0 spiro atoms. The molecule has 1 fully saturated rings. The van der Waals surface area contributed by atoms with Crippen molar-refractivity contribution >= 4 is 27.3 Å². The van der Waals surface area contributed by atoms with Crippen molar-refractivity contribution in [3.05, 3.63) is 28.8 Å². The summed E-state index contributed by atoms with van der Waals surface area (Å²) < 4.78 is 26.8. The van der Waals surface area contributed by atoms with E-state index in [1.54, 1.807) is 12.1 Å². The average molecular weight is 317 g/mol. The molecular formula is C14H21ClN2O2S. The van der Waals surface area contributed by atoms with Crippen molar-refractivity contribution in [2.45, 2.75) is 38.6 Å². The maximum Gasteiger partial charge on any atom is 0.232 e. The lowest BCUT2D eigenvalue weighted by Gasteiger charge is -2.23. The number of nitrogens with one attached hydrogen (secondary N) is 2. The van der Waals surface area contributed by atoms with Gasteiger partial charge in [-0.25, -0.2) is 8.42 Å². The Labute approximate surface area is 126 Å². The third-order valence-corrected chi connectivity index (χ3v) is 5.17. The topological polar surface area (TPSA) is 58.2 Å². The largest absolute Gasteiger partial charge is 0.314 e. The van der Waals surface area contributed by atoms with E-state index in [9.17, 15) is 8.42 Å². The van der Waals surface area contributed by atoms with Gasteiger partial charge in [-0.05, 0) is 50.4 Å². The molecule has 1 aliphatic rings. The van der Waals surface area contributed by atoms with E-state index < -0.39 is 10.0 Å². The Morgan fingerprint density at radius 3 is 2.90 bits per heavy atom. The zero-order valence-corrected chi connectivity index (χ0v) is 13.2. The van der Waals surface area contributed by atoms with E-state index in [-0.39, 0.29) is 5.75 Å². The molecule has 1 heterocycles. The molecule has 1 unspecified atom stereocenters. The van der Waals surface area contributed by atoms with Crippen LogP contribution in [0.15, 0.2) is 18.2 Å². The monoisotopic (exact) mass is 316 g/mol. The van der Waals surface area contributed by atoms with Gasteiger partial charge < -0.3 is 5.32 Å². The summed E-state index contributed by atoms with van der Waals surface area (Å²) in [7, 11) is -3.35. The Morgan fingerprint density at radius 2 is 2.20 bits per heavy atom. The predicted octanol–water partition coefficient (Wildman–Crippen LogP) is 2.92. The normalized spacial score (nSPS) is 19.8. The summed E-state index contributed by atoms with van der Waals surface area (Å²) in [6, 6.07) is 5.62. The maximum absolute atomic E-state index is 12.1. The van der Waals surface area contributed by atoms with Crippen LogP contribution in [-0.2, 0) is 10.0 Å². The molecule has 112 valence electrons. The van der Waals surface area contributed by atoms with Crippen LogP contribution in [0.3, 0.4) is 0 Å².